The van der Waals surface area contributed by atoms with Crippen LogP contribution in [0.1, 0.15) is 25.3 Å². The lowest BCUT2D eigenvalue weighted by Crippen LogP contribution is -2.27. The molecule has 0 aliphatic heterocycles. The summed E-state index contributed by atoms with van der Waals surface area (Å²) < 4.78 is 1.64. The van der Waals surface area contributed by atoms with Crippen molar-refractivity contribution < 1.29 is 5.11 Å². The van der Waals surface area contributed by atoms with Crippen LogP contribution in [-0.4, -0.2) is 15.8 Å². The molecule has 1 aromatic heterocycles. The fraction of sp³-hybridized carbons (Fsp3) is 0.500. The van der Waals surface area contributed by atoms with Crippen LogP contribution < -0.4 is 5.56 Å². The second-order valence-corrected chi connectivity index (χ2v) is 3.51. The van der Waals surface area contributed by atoms with E-state index in [9.17, 15) is 9.90 Å². The minimum absolute atomic E-state index is 0.00583. The standard InChI is InChI=1S/C10H13NO2/c12-9-5-3-4-8(9)11-7-2-1-6-10(11)13/h1-2,6-9,12H,3-5H2/t8-,9-/m0/s1. The largest absolute Gasteiger partial charge is 0.391 e. The lowest BCUT2D eigenvalue weighted by atomic mass is 10.2. The van der Waals surface area contributed by atoms with Gasteiger partial charge in [0, 0.05) is 12.3 Å². The first kappa shape index (κ1) is 8.51. The van der Waals surface area contributed by atoms with Gasteiger partial charge in [-0.15, -0.1) is 0 Å². The van der Waals surface area contributed by atoms with Crippen LogP contribution in [0.5, 0.6) is 0 Å². The third-order valence-electron chi connectivity index (χ3n) is 2.65. The minimum Gasteiger partial charge on any atom is -0.391 e. The van der Waals surface area contributed by atoms with Gasteiger partial charge in [0.2, 0.25) is 0 Å². The Balaban J connectivity index is 2.35. The zero-order valence-corrected chi connectivity index (χ0v) is 7.39. The Labute approximate surface area is 76.6 Å². The average Bonchev–Trinajstić information content (AvgIpc) is 2.52. The predicted molar refractivity (Wildman–Crippen MR) is 49.6 cm³/mol. The van der Waals surface area contributed by atoms with Crippen LogP contribution in [0.15, 0.2) is 29.2 Å². The van der Waals surface area contributed by atoms with Crippen molar-refractivity contribution in [3.63, 3.8) is 0 Å². The van der Waals surface area contributed by atoms with E-state index in [2.05, 4.69) is 0 Å². The maximum atomic E-state index is 11.4. The predicted octanol–water partition coefficient (Wildman–Crippen LogP) is 0.934. The Morgan fingerprint density at radius 1 is 1.38 bits per heavy atom. The van der Waals surface area contributed by atoms with E-state index in [1.165, 1.54) is 6.07 Å². The molecular formula is C10H13NO2. The normalized spacial score (nSPS) is 27.8. The van der Waals surface area contributed by atoms with E-state index in [1.54, 1.807) is 16.8 Å². The lowest BCUT2D eigenvalue weighted by molar-refractivity contribution is 0.134. The van der Waals surface area contributed by atoms with Crippen LogP contribution in [0.4, 0.5) is 0 Å². The molecule has 1 aliphatic carbocycles. The highest BCUT2D eigenvalue weighted by molar-refractivity contribution is 4.97. The van der Waals surface area contributed by atoms with Crippen molar-refractivity contribution in [3.8, 4) is 0 Å². The summed E-state index contributed by atoms with van der Waals surface area (Å²) in [5.41, 5.74) is -0.0200. The fourth-order valence-corrected chi connectivity index (χ4v) is 1.96. The van der Waals surface area contributed by atoms with Crippen LogP contribution in [0.3, 0.4) is 0 Å². The first-order valence-electron chi connectivity index (χ1n) is 4.64. The minimum atomic E-state index is -0.347. The molecule has 0 bridgehead atoms. The van der Waals surface area contributed by atoms with Gasteiger partial charge in [0.25, 0.3) is 5.56 Å². The summed E-state index contributed by atoms with van der Waals surface area (Å²) in [6.45, 7) is 0. The Kier molecular flexibility index (Phi) is 2.19. The second kappa shape index (κ2) is 3.34. The van der Waals surface area contributed by atoms with Crippen LogP contribution in [0.2, 0.25) is 0 Å². The summed E-state index contributed by atoms with van der Waals surface area (Å²) in [6.07, 6.45) is 4.13. The highest BCUT2D eigenvalue weighted by atomic mass is 16.3. The molecule has 2 rings (SSSR count). The van der Waals surface area contributed by atoms with Crippen molar-refractivity contribution >= 4 is 0 Å². The molecule has 3 nitrogen and oxygen atoms in total. The van der Waals surface area contributed by atoms with Crippen LogP contribution in [0.25, 0.3) is 0 Å². The van der Waals surface area contributed by atoms with Crippen LogP contribution >= 0.6 is 0 Å². The molecule has 0 aromatic carbocycles. The van der Waals surface area contributed by atoms with Crippen molar-refractivity contribution in [2.45, 2.75) is 31.4 Å². The van der Waals surface area contributed by atoms with Gasteiger partial charge >= 0.3 is 0 Å². The maximum Gasteiger partial charge on any atom is 0.250 e. The van der Waals surface area contributed by atoms with E-state index in [0.717, 1.165) is 19.3 Å². The van der Waals surface area contributed by atoms with Gasteiger partial charge in [-0.05, 0) is 25.3 Å². The molecule has 1 N–H and O–H groups in total. The third kappa shape index (κ3) is 1.52. The zero-order chi connectivity index (χ0) is 9.26. The highest BCUT2D eigenvalue weighted by Crippen LogP contribution is 2.28. The summed E-state index contributed by atoms with van der Waals surface area (Å²) in [6, 6.07) is 5.08. The molecule has 1 aromatic rings. The quantitative estimate of drug-likeness (QED) is 0.697. The van der Waals surface area contributed by atoms with E-state index in [0.29, 0.717) is 0 Å². The Bertz CT molecular complexity index is 345. The van der Waals surface area contributed by atoms with Crippen molar-refractivity contribution in [2.24, 2.45) is 0 Å². The van der Waals surface area contributed by atoms with Gasteiger partial charge in [-0.1, -0.05) is 6.07 Å². The molecule has 0 unspecified atom stereocenters. The Morgan fingerprint density at radius 3 is 2.85 bits per heavy atom. The van der Waals surface area contributed by atoms with E-state index < -0.39 is 0 Å². The number of aliphatic hydroxyl groups is 1. The van der Waals surface area contributed by atoms with Gasteiger partial charge in [0.1, 0.15) is 0 Å². The molecular weight excluding hydrogens is 166 g/mol. The van der Waals surface area contributed by atoms with E-state index in [-0.39, 0.29) is 17.7 Å². The van der Waals surface area contributed by atoms with Gasteiger partial charge in [-0.3, -0.25) is 4.79 Å². The number of rotatable bonds is 1. The number of hydrogen-bond donors (Lipinski definition) is 1. The molecule has 0 spiro atoms. The summed E-state index contributed by atoms with van der Waals surface area (Å²) in [5, 5.41) is 9.61. The van der Waals surface area contributed by atoms with Crippen molar-refractivity contribution in [1.82, 2.24) is 4.57 Å². The SMILES string of the molecule is O=c1ccccn1[C@H]1CCC[C@@H]1O. The number of pyridine rings is 1. The molecule has 3 heteroatoms. The monoisotopic (exact) mass is 179 g/mol. The Hall–Kier alpha value is -1.09. The first-order chi connectivity index (χ1) is 6.29. The molecule has 70 valence electrons. The van der Waals surface area contributed by atoms with Gasteiger partial charge in [-0.25, -0.2) is 0 Å². The summed E-state index contributed by atoms with van der Waals surface area (Å²) in [4.78, 5) is 11.4. The van der Waals surface area contributed by atoms with Crippen molar-refractivity contribution in [1.29, 1.82) is 0 Å². The van der Waals surface area contributed by atoms with Crippen LogP contribution in [0, 0.1) is 0 Å². The van der Waals surface area contributed by atoms with Crippen LogP contribution in [-0.2, 0) is 0 Å². The molecule has 2 atom stereocenters. The number of aromatic nitrogens is 1. The average molecular weight is 179 g/mol. The first-order valence-corrected chi connectivity index (χ1v) is 4.64. The molecule has 1 aliphatic rings. The molecule has 1 saturated carbocycles. The molecule has 1 heterocycles. The van der Waals surface area contributed by atoms with E-state index in [1.807, 2.05) is 6.07 Å². The smallest absolute Gasteiger partial charge is 0.250 e. The fourth-order valence-electron chi connectivity index (χ4n) is 1.96. The summed E-state index contributed by atoms with van der Waals surface area (Å²) >= 11 is 0. The number of nitrogens with zero attached hydrogens (tertiary/aromatic N) is 1. The molecule has 0 amide bonds. The highest BCUT2D eigenvalue weighted by Gasteiger charge is 2.26. The number of aliphatic hydroxyl groups excluding tert-OH is 1. The molecule has 0 radical (unpaired) electrons. The van der Waals surface area contributed by atoms with Crippen molar-refractivity contribution in [3.05, 3.63) is 34.7 Å². The maximum absolute atomic E-state index is 11.4. The topological polar surface area (TPSA) is 42.2 Å². The number of hydrogen-bond acceptors (Lipinski definition) is 2. The van der Waals surface area contributed by atoms with Gasteiger partial charge in [0.15, 0.2) is 0 Å². The lowest BCUT2D eigenvalue weighted by Gasteiger charge is -2.16. The summed E-state index contributed by atoms with van der Waals surface area (Å²) in [7, 11) is 0. The molecule has 1 fully saturated rings. The van der Waals surface area contributed by atoms with Gasteiger partial charge < -0.3 is 9.67 Å². The van der Waals surface area contributed by atoms with Crippen molar-refractivity contribution in [2.75, 3.05) is 0 Å². The third-order valence-corrected chi connectivity index (χ3v) is 2.65. The van der Waals surface area contributed by atoms with Gasteiger partial charge in [0.05, 0.1) is 12.1 Å². The second-order valence-electron chi connectivity index (χ2n) is 3.51. The van der Waals surface area contributed by atoms with E-state index in [4.69, 9.17) is 0 Å². The van der Waals surface area contributed by atoms with E-state index >= 15 is 0 Å². The Morgan fingerprint density at radius 2 is 2.23 bits per heavy atom. The zero-order valence-electron chi connectivity index (χ0n) is 7.39. The van der Waals surface area contributed by atoms with Gasteiger partial charge in [-0.2, -0.15) is 0 Å². The molecule has 13 heavy (non-hydrogen) atoms. The summed E-state index contributed by atoms with van der Waals surface area (Å²) in [5.74, 6) is 0. The molecule has 0 saturated heterocycles.